The average molecular weight is 289 g/mol. The van der Waals surface area contributed by atoms with E-state index >= 15 is 0 Å². The molecule has 5 nitrogen and oxygen atoms in total. The fraction of sp³-hybridized carbons (Fsp3) is 0.438. The molecule has 2 aromatic rings. The zero-order chi connectivity index (χ0) is 15.6. The first-order valence-electron chi connectivity index (χ1n) is 6.95. The second-order valence-electron chi connectivity index (χ2n) is 5.16. The molecule has 0 amide bonds. The fourth-order valence-corrected chi connectivity index (χ4v) is 2.68. The molecule has 0 saturated heterocycles. The van der Waals surface area contributed by atoms with Crippen LogP contribution in [-0.4, -0.2) is 24.0 Å². The van der Waals surface area contributed by atoms with Crippen LogP contribution < -0.4 is 15.2 Å². The highest BCUT2D eigenvalue weighted by Crippen LogP contribution is 2.35. The number of rotatable bonds is 5. The van der Waals surface area contributed by atoms with Crippen LogP contribution in [0.3, 0.4) is 0 Å². The van der Waals surface area contributed by atoms with Gasteiger partial charge in [-0.15, -0.1) is 0 Å². The van der Waals surface area contributed by atoms with E-state index in [1.165, 1.54) is 5.56 Å². The Labute approximate surface area is 125 Å². The van der Waals surface area contributed by atoms with Gasteiger partial charge in [0.1, 0.15) is 11.5 Å². The van der Waals surface area contributed by atoms with Gasteiger partial charge in [-0.2, -0.15) is 5.10 Å². The van der Waals surface area contributed by atoms with Crippen LogP contribution in [0.25, 0.3) is 0 Å². The van der Waals surface area contributed by atoms with Crippen molar-refractivity contribution in [1.29, 1.82) is 0 Å². The standard InChI is InChI=1S/C16H23N3O2/c1-10-12(11(2)19(3)18-10)9-13(17)16-14(20-4)7-6-8-15(16)21-5/h6-8,13H,9,17H2,1-5H3. The predicted molar refractivity (Wildman–Crippen MR) is 82.9 cm³/mol. The number of benzene rings is 1. The molecule has 0 aliphatic heterocycles. The first kappa shape index (κ1) is 15.4. The first-order chi connectivity index (χ1) is 9.99. The van der Waals surface area contributed by atoms with E-state index in [9.17, 15) is 0 Å². The van der Waals surface area contributed by atoms with Crippen LogP contribution in [0.4, 0.5) is 0 Å². The van der Waals surface area contributed by atoms with E-state index in [-0.39, 0.29) is 6.04 Å². The van der Waals surface area contributed by atoms with Crippen molar-refractivity contribution < 1.29 is 9.47 Å². The second kappa shape index (κ2) is 6.18. The maximum absolute atomic E-state index is 6.43. The Morgan fingerprint density at radius 1 is 1.19 bits per heavy atom. The zero-order valence-electron chi connectivity index (χ0n) is 13.3. The normalized spacial score (nSPS) is 12.3. The lowest BCUT2D eigenvalue weighted by Gasteiger charge is -2.19. The summed E-state index contributed by atoms with van der Waals surface area (Å²) in [7, 11) is 5.23. The number of aromatic nitrogens is 2. The molecule has 0 saturated carbocycles. The van der Waals surface area contributed by atoms with E-state index in [2.05, 4.69) is 12.0 Å². The summed E-state index contributed by atoms with van der Waals surface area (Å²) >= 11 is 0. The van der Waals surface area contributed by atoms with E-state index in [1.54, 1.807) is 14.2 Å². The maximum Gasteiger partial charge on any atom is 0.127 e. The van der Waals surface area contributed by atoms with Crippen molar-refractivity contribution >= 4 is 0 Å². The Kier molecular flexibility index (Phi) is 4.53. The number of nitrogens with two attached hydrogens (primary N) is 1. The van der Waals surface area contributed by atoms with Crippen LogP contribution in [0.2, 0.25) is 0 Å². The molecule has 5 heteroatoms. The Hall–Kier alpha value is -2.01. The van der Waals surface area contributed by atoms with E-state index in [1.807, 2.05) is 36.9 Å². The molecule has 21 heavy (non-hydrogen) atoms. The Morgan fingerprint density at radius 2 is 1.76 bits per heavy atom. The molecule has 0 aliphatic carbocycles. The molecule has 0 bridgehead atoms. The van der Waals surface area contributed by atoms with Crippen molar-refractivity contribution in [3.05, 3.63) is 40.7 Å². The monoisotopic (exact) mass is 289 g/mol. The van der Waals surface area contributed by atoms with Crippen LogP contribution in [0.15, 0.2) is 18.2 Å². The van der Waals surface area contributed by atoms with E-state index in [0.29, 0.717) is 6.42 Å². The van der Waals surface area contributed by atoms with Crippen LogP contribution in [0.5, 0.6) is 11.5 Å². The minimum Gasteiger partial charge on any atom is -0.496 e. The molecule has 1 heterocycles. The molecule has 0 aliphatic rings. The van der Waals surface area contributed by atoms with Crippen molar-refractivity contribution in [3.63, 3.8) is 0 Å². The molecule has 1 unspecified atom stereocenters. The highest BCUT2D eigenvalue weighted by Gasteiger charge is 2.21. The zero-order valence-corrected chi connectivity index (χ0v) is 13.3. The fourth-order valence-electron chi connectivity index (χ4n) is 2.68. The SMILES string of the molecule is COc1cccc(OC)c1C(N)Cc1c(C)nn(C)c1C. The third-order valence-corrected chi connectivity index (χ3v) is 3.92. The van der Waals surface area contributed by atoms with Crippen molar-refractivity contribution in [1.82, 2.24) is 9.78 Å². The largest absolute Gasteiger partial charge is 0.496 e. The first-order valence-corrected chi connectivity index (χ1v) is 6.95. The average Bonchev–Trinajstić information content (AvgIpc) is 2.72. The summed E-state index contributed by atoms with van der Waals surface area (Å²) in [5.41, 5.74) is 10.7. The van der Waals surface area contributed by atoms with Gasteiger partial charge >= 0.3 is 0 Å². The molecular formula is C16H23N3O2. The van der Waals surface area contributed by atoms with Crippen molar-refractivity contribution in [3.8, 4) is 11.5 Å². The van der Waals surface area contributed by atoms with Gasteiger partial charge in [-0.1, -0.05) is 6.07 Å². The number of aryl methyl sites for hydroxylation is 2. The van der Waals surface area contributed by atoms with E-state index in [4.69, 9.17) is 15.2 Å². The number of hydrogen-bond donors (Lipinski definition) is 1. The van der Waals surface area contributed by atoms with E-state index < -0.39 is 0 Å². The predicted octanol–water partition coefficient (Wildman–Crippen LogP) is 2.30. The maximum atomic E-state index is 6.43. The topological polar surface area (TPSA) is 62.3 Å². The molecule has 114 valence electrons. The molecule has 1 atom stereocenters. The van der Waals surface area contributed by atoms with Gasteiger partial charge in [0.15, 0.2) is 0 Å². The summed E-state index contributed by atoms with van der Waals surface area (Å²) in [5.74, 6) is 1.50. The van der Waals surface area contributed by atoms with Crippen LogP contribution in [-0.2, 0) is 13.5 Å². The third-order valence-electron chi connectivity index (χ3n) is 3.92. The number of methoxy groups -OCH3 is 2. The van der Waals surface area contributed by atoms with Gasteiger partial charge in [0.05, 0.1) is 25.5 Å². The highest BCUT2D eigenvalue weighted by atomic mass is 16.5. The van der Waals surface area contributed by atoms with Gasteiger partial charge in [0, 0.05) is 18.8 Å². The summed E-state index contributed by atoms with van der Waals surface area (Å²) < 4.78 is 12.7. The molecule has 0 radical (unpaired) electrons. The van der Waals surface area contributed by atoms with Crippen LogP contribution in [0.1, 0.15) is 28.6 Å². The third kappa shape index (κ3) is 2.88. The molecule has 1 aromatic heterocycles. The quantitative estimate of drug-likeness (QED) is 0.917. The van der Waals surface area contributed by atoms with Gasteiger partial charge in [-0.3, -0.25) is 4.68 Å². The van der Waals surface area contributed by atoms with Gasteiger partial charge in [-0.25, -0.2) is 0 Å². The van der Waals surface area contributed by atoms with Gasteiger partial charge in [0.2, 0.25) is 0 Å². The molecule has 0 spiro atoms. The number of ether oxygens (including phenoxy) is 2. The summed E-state index contributed by atoms with van der Waals surface area (Å²) in [4.78, 5) is 0. The lowest BCUT2D eigenvalue weighted by Crippen LogP contribution is -2.16. The molecule has 1 aromatic carbocycles. The molecule has 2 rings (SSSR count). The van der Waals surface area contributed by atoms with Gasteiger partial charge < -0.3 is 15.2 Å². The van der Waals surface area contributed by atoms with Crippen molar-refractivity contribution in [2.24, 2.45) is 12.8 Å². The second-order valence-corrected chi connectivity index (χ2v) is 5.16. The summed E-state index contributed by atoms with van der Waals surface area (Å²) in [6, 6.07) is 5.49. The van der Waals surface area contributed by atoms with Crippen LogP contribution in [0, 0.1) is 13.8 Å². The summed E-state index contributed by atoms with van der Waals surface area (Å²) in [6.45, 7) is 4.07. The van der Waals surface area contributed by atoms with Crippen LogP contribution >= 0.6 is 0 Å². The van der Waals surface area contributed by atoms with Crippen molar-refractivity contribution in [2.75, 3.05) is 14.2 Å². The summed E-state index contributed by atoms with van der Waals surface area (Å²) in [5, 5.41) is 4.44. The van der Waals surface area contributed by atoms with Crippen molar-refractivity contribution in [2.45, 2.75) is 26.3 Å². The Morgan fingerprint density at radius 3 is 2.19 bits per heavy atom. The summed E-state index contributed by atoms with van der Waals surface area (Å²) in [6.07, 6.45) is 0.697. The smallest absolute Gasteiger partial charge is 0.127 e. The lowest BCUT2D eigenvalue weighted by atomic mass is 9.97. The number of hydrogen-bond acceptors (Lipinski definition) is 4. The minimum atomic E-state index is -0.210. The highest BCUT2D eigenvalue weighted by molar-refractivity contribution is 5.47. The van der Waals surface area contributed by atoms with Gasteiger partial charge in [0.25, 0.3) is 0 Å². The lowest BCUT2D eigenvalue weighted by molar-refractivity contribution is 0.378. The minimum absolute atomic E-state index is 0.210. The molecule has 2 N–H and O–H groups in total. The Balaban J connectivity index is 2.38. The molecule has 0 fully saturated rings. The van der Waals surface area contributed by atoms with E-state index in [0.717, 1.165) is 28.5 Å². The molecular weight excluding hydrogens is 266 g/mol. The Bertz CT molecular complexity index is 612. The van der Waals surface area contributed by atoms with Gasteiger partial charge in [-0.05, 0) is 38.0 Å². The number of nitrogens with zero attached hydrogens (tertiary/aromatic N) is 2.